The van der Waals surface area contributed by atoms with Gasteiger partial charge in [-0.05, 0) is 24.3 Å². The van der Waals surface area contributed by atoms with Crippen molar-refractivity contribution in [1.29, 1.82) is 0 Å². The highest BCUT2D eigenvalue weighted by atomic mass is 16.3. The van der Waals surface area contributed by atoms with E-state index in [9.17, 15) is 4.79 Å². The van der Waals surface area contributed by atoms with Gasteiger partial charge in [0.1, 0.15) is 0 Å². The molecule has 7 heteroatoms. The molecule has 1 aliphatic heterocycles. The van der Waals surface area contributed by atoms with Crippen molar-refractivity contribution >= 4 is 12.4 Å². The van der Waals surface area contributed by atoms with E-state index in [1.807, 2.05) is 25.6 Å². The number of carbonyl (C=O) groups excluding carboxylic acids is 1. The molecule has 1 N–H and O–H groups in total. The number of hydrogen-bond donors (Lipinski definition) is 1. The van der Waals surface area contributed by atoms with E-state index in [0.29, 0.717) is 11.8 Å². The van der Waals surface area contributed by atoms with E-state index in [2.05, 4.69) is 43.6 Å². The fourth-order valence-electron chi connectivity index (χ4n) is 3.89. The van der Waals surface area contributed by atoms with Gasteiger partial charge in [0, 0.05) is 51.9 Å². The van der Waals surface area contributed by atoms with E-state index in [-0.39, 0.29) is 12.4 Å². The molecular weight excluding hydrogens is 356 g/mol. The number of rotatable bonds is 4. The number of amides is 1. The van der Waals surface area contributed by atoms with Crippen molar-refractivity contribution in [2.75, 3.05) is 26.2 Å². The predicted octanol–water partition coefficient (Wildman–Crippen LogP) is 1.96. The molecule has 0 unspecified atom stereocenters. The lowest BCUT2D eigenvalue weighted by molar-refractivity contribution is -0.132. The van der Waals surface area contributed by atoms with Crippen molar-refractivity contribution in [3.8, 4) is 0 Å². The van der Waals surface area contributed by atoms with Crippen molar-refractivity contribution in [3.05, 3.63) is 54.1 Å². The summed E-state index contributed by atoms with van der Waals surface area (Å²) >= 11 is 0. The molecule has 1 saturated heterocycles. The van der Waals surface area contributed by atoms with Crippen molar-refractivity contribution in [1.82, 2.24) is 19.4 Å². The summed E-state index contributed by atoms with van der Waals surface area (Å²) in [5.74, 6) is 0.991. The van der Waals surface area contributed by atoms with Crippen LogP contribution >= 0.6 is 0 Å². The van der Waals surface area contributed by atoms with Gasteiger partial charge in [-0.15, -0.1) is 0 Å². The Morgan fingerprint density at radius 1 is 1.21 bits per heavy atom. The molecule has 1 aromatic carbocycles. The molecule has 1 amide bonds. The Bertz CT molecular complexity index is 777. The van der Waals surface area contributed by atoms with Crippen molar-refractivity contribution in [3.63, 3.8) is 0 Å². The maximum Gasteiger partial charge on any atom is 0.290 e. The van der Waals surface area contributed by atoms with E-state index >= 15 is 0 Å². The Labute approximate surface area is 165 Å². The van der Waals surface area contributed by atoms with Crippen LogP contribution in [0, 0.1) is 5.92 Å². The maximum atomic E-state index is 12.9. The van der Waals surface area contributed by atoms with Crippen LogP contribution < -0.4 is 0 Å². The van der Waals surface area contributed by atoms with Crippen LogP contribution in [0.4, 0.5) is 0 Å². The van der Waals surface area contributed by atoms with Crippen LogP contribution in [0.3, 0.4) is 0 Å². The number of aromatic nitrogens is 2. The summed E-state index contributed by atoms with van der Waals surface area (Å²) in [5.41, 5.74) is 2.54. The van der Waals surface area contributed by atoms with Gasteiger partial charge in [-0.25, -0.2) is 4.98 Å². The largest absolute Gasteiger partial charge is 0.483 e. The molecule has 2 atom stereocenters. The summed E-state index contributed by atoms with van der Waals surface area (Å²) in [4.78, 5) is 30.0. The summed E-state index contributed by atoms with van der Waals surface area (Å²) in [5, 5.41) is 6.89. The number of carbonyl (C=O) groups is 2. The Morgan fingerprint density at radius 3 is 2.64 bits per heavy atom. The topological polar surface area (TPSA) is 78.7 Å². The molecule has 2 aliphatic rings. The SMILES string of the molecule is Cn1cncc1CN1CCCN(C(=O)[C@@H]2C[C@H]2c2ccccc2)CC1.O=CO. The molecule has 0 radical (unpaired) electrons. The second-order valence-corrected chi connectivity index (χ2v) is 7.42. The zero-order valence-corrected chi connectivity index (χ0v) is 16.3. The fraction of sp³-hybridized carbons (Fsp3) is 0.476. The normalized spacial score (nSPS) is 22.0. The van der Waals surface area contributed by atoms with Gasteiger partial charge in [0.2, 0.25) is 5.91 Å². The Morgan fingerprint density at radius 2 is 1.96 bits per heavy atom. The summed E-state index contributed by atoms with van der Waals surface area (Å²) in [6.07, 6.45) is 5.84. The molecule has 1 saturated carbocycles. The van der Waals surface area contributed by atoms with Crippen LogP contribution in [-0.2, 0) is 23.2 Å². The molecule has 2 fully saturated rings. The molecule has 4 rings (SSSR count). The molecule has 1 aromatic heterocycles. The first-order valence-corrected chi connectivity index (χ1v) is 9.73. The quantitative estimate of drug-likeness (QED) is 0.816. The van der Waals surface area contributed by atoms with Crippen LogP contribution in [0.15, 0.2) is 42.9 Å². The Balaban J connectivity index is 0.000000706. The predicted molar refractivity (Wildman–Crippen MR) is 106 cm³/mol. The monoisotopic (exact) mass is 384 g/mol. The number of benzene rings is 1. The first-order valence-electron chi connectivity index (χ1n) is 9.73. The fourth-order valence-corrected chi connectivity index (χ4v) is 3.89. The number of carboxylic acid groups (broad SMARTS) is 1. The van der Waals surface area contributed by atoms with Crippen LogP contribution in [0.5, 0.6) is 0 Å². The van der Waals surface area contributed by atoms with Crippen molar-refractivity contribution < 1.29 is 14.7 Å². The number of aryl methyl sites for hydroxylation is 1. The first-order chi connectivity index (χ1) is 13.6. The lowest BCUT2D eigenvalue weighted by atomic mass is 10.1. The van der Waals surface area contributed by atoms with Crippen LogP contribution in [0.25, 0.3) is 0 Å². The van der Waals surface area contributed by atoms with Gasteiger partial charge in [-0.3, -0.25) is 14.5 Å². The minimum Gasteiger partial charge on any atom is -0.483 e. The zero-order valence-electron chi connectivity index (χ0n) is 16.3. The molecule has 28 heavy (non-hydrogen) atoms. The van der Waals surface area contributed by atoms with Gasteiger partial charge >= 0.3 is 0 Å². The van der Waals surface area contributed by atoms with Gasteiger partial charge in [0.25, 0.3) is 6.47 Å². The van der Waals surface area contributed by atoms with Crippen molar-refractivity contribution in [2.24, 2.45) is 13.0 Å². The summed E-state index contributed by atoms with van der Waals surface area (Å²) in [6.45, 7) is 4.38. The van der Waals surface area contributed by atoms with Crippen LogP contribution in [0.2, 0.25) is 0 Å². The van der Waals surface area contributed by atoms with Gasteiger partial charge in [0.05, 0.1) is 12.0 Å². The molecule has 0 bridgehead atoms. The molecule has 0 spiro atoms. The number of nitrogens with zero attached hydrogens (tertiary/aromatic N) is 4. The van der Waals surface area contributed by atoms with Crippen LogP contribution in [-0.4, -0.2) is 63.0 Å². The molecule has 7 nitrogen and oxygen atoms in total. The highest BCUT2D eigenvalue weighted by Gasteiger charge is 2.45. The molecule has 150 valence electrons. The molecule has 2 heterocycles. The van der Waals surface area contributed by atoms with E-state index in [1.54, 1.807) is 0 Å². The second-order valence-electron chi connectivity index (χ2n) is 7.42. The first kappa shape index (κ1) is 20.1. The smallest absolute Gasteiger partial charge is 0.290 e. The molecule has 2 aromatic rings. The minimum atomic E-state index is -0.250. The third kappa shape index (κ3) is 4.98. The third-order valence-electron chi connectivity index (χ3n) is 5.54. The summed E-state index contributed by atoms with van der Waals surface area (Å²) in [6, 6.07) is 10.5. The highest BCUT2D eigenvalue weighted by Crippen LogP contribution is 2.48. The van der Waals surface area contributed by atoms with Gasteiger partial charge in [-0.2, -0.15) is 0 Å². The van der Waals surface area contributed by atoms with E-state index < -0.39 is 0 Å². The lowest BCUT2D eigenvalue weighted by Gasteiger charge is -2.22. The molecule has 1 aliphatic carbocycles. The Kier molecular flexibility index (Phi) is 6.81. The summed E-state index contributed by atoms with van der Waals surface area (Å²) in [7, 11) is 2.03. The van der Waals surface area contributed by atoms with E-state index in [1.165, 1.54) is 11.3 Å². The standard InChI is InChI=1S/C20H26N4O.CH2O2/c1-22-15-21-13-17(22)14-23-8-5-9-24(11-10-23)20(25)19-12-18(19)16-6-3-2-4-7-16;2-1-3/h2-4,6-7,13,15,18-19H,5,8-12,14H2,1H3;1H,(H,2,3)/t18-,19+;/m0./s1. The van der Waals surface area contributed by atoms with Crippen molar-refractivity contribution in [2.45, 2.75) is 25.3 Å². The lowest BCUT2D eigenvalue weighted by Crippen LogP contribution is -2.36. The van der Waals surface area contributed by atoms with Crippen LogP contribution in [0.1, 0.15) is 30.0 Å². The average Bonchev–Trinajstić information content (AvgIpc) is 3.45. The second kappa shape index (κ2) is 9.50. The third-order valence-corrected chi connectivity index (χ3v) is 5.54. The average molecular weight is 384 g/mol. The highest BCUT2D eigenvalue weighted by molar-refractivity contribution is 5.83. The van der Waals surface area contributed by atoms with E-state index in [4.69, 9.17) is 9.90 Å². The zero-order chi connectivity index (χ0) is 19.9. The molecular formula is C21H28N4O3. The maximum absolute atomic E-state index is 12.9. The van der Waals surface area contributed by atoms with Gasteiger partial charge in [-0.1, -0.05) is 30.3 Å². The van der Waals surface area contributed by atoms with Gasteiger partial charge < -0.3 is 14.6 Å². The van der Waals surface area contributed by atoms with E-state index in [0.717, 1.165) is 45.6 Å². The summed E-state index contributed by atoms with van der Waals surface area (Å²) < 4.78 is 2.07. The number of imidazole rings is 1. The Hall–Kier alpha value is -2.67. The van der Waals surface area contributed by atoms with Gasteiger partial charge in [0.15, 0.2) is 0 Å². The number of hydrogen-bond acceptors (Lipinski definition) is 4. The minimum absolute atomic E-state index is 0.200.